The summed E-state index contributed by atoms with van der Waals surface area (Å²) < 4.78 is 3.39. The maximum absolute atomic E-state index is 4.43. The lowest BCUT2D eigenvalue weighted by molar-refractivity contribution is 0.484. The summed E-state index contributed by atoms with van der Waals surface area (Å²) in [6.07, 6.45) is 3.94. The molecule has 2 rings (SSSR count). The molecule has 104 valence electrons. The van der Waals surface area contributed by atoms with Gasteiger partial charge in [0.25, 0.3) is 0 Å². The van der Waals surface area contributed by atoms with Crippen LogP contribution in [0.5, 0.6) is 0 Å². The fraction of sp³-hybridized carbons (Fsp3) is 0.500. The highest BCUT2D eigenvalue weighted by molar-refractivity contribution is 9.10. The van der Waals surface area contributed by atoms with Crippen LogP contribution in [0.4, 0.5) is 0 Å². The van der Waals surface area contributed by atoms with Crippen LogP contribution in [0.1, 0.15) is 37.5 Å². The summed E-state index contributed by atoms with van der Waals surface area (Å²) in [6, 6.07) is 2.52. The van der Waals surface area contributed by atoms with Crippen LogP contribution in [0.25, 0.3) is 0 Å². The van der Waals surface area contributed by atoms with Crippen molar-refractivity contribution in [1.82, 2.24) is 14.9 Å². The fourth-order valence-corrected chi connectivity index (χ4v) is 3.44. The number of aromatic nitrogens is 2. The van der Waals surface area contributed by atoms with Gasteiger partial charge in [-0.25, -0.2) is 4.98 Å². The number of halogens is 1. The van der Waals surface area contributed by atoms with Crippen LogP contribution < -0.4 is 5.32 Å². The predicted molar refractivity (Wildman–Crippen MR) is 84.3 cm³/mol. The van der Waals surface area contributed by atoms with Crippen molar-refractivity contribution in [3.8, 4) is 0 Å². The van der Waals surface area contributed by atoms with E-state index in [1.54, 1.807) is 11.3 Å². The third-order valence-electron chi connectivity index (χ3n) is 2.94. The Labute approximate surface area is 127 Å². The molecule has 1 unspecified atom stereocenters. The number of thiophene rings is 1. The zero-order chi connectivity index (χ0) is 13.8. The Morgan fingerprint density at radius 2 is 2.21 bits per heavy atom. The van der Waals surface area contributed by atoms with Crippen molar-refractivity contribution < 1.29 is 0 Å². The van der Waals surface area contributed by atoms with Crippen LogP contribution >= 0.6 is 27.3 Å². The van der Waals surface area contributed by atoms with Crippen molar-refractivity contribution >= 4 is 27.3 Å². The highest BCUT2D eigenvalue weighted by atomic mass is 79.9. The van der Waals surface area contributed by atoms with Crippen molar-refractivity contribution in [3.05, 3.63) is 39.0 Å². The minimum Gasteiger partial charge on any atom is -0.334 e. The summed E-state index contributed by atoms with van der Waals surface area (Å²) in [4.78, 5) is 5.78. The molecule has 1 N–H and O–H groups in total. The molecule has 0 bridgehead atoms. The Kier molecular flexibility index (Phi) is 5.19. The van der Waals surface area contributed by atoms with Gasteiger partial charge in [-0.2, -0.15) is 0 Å². The van der Waals surface area contributed by atoms with E-state index in [4.69, 9.17) is 0 Å². The Hall–Kier alpha value is -0.650. The van der Waals surface area contributed by atoms with Crippen molar-refractivity contribution in [2.75, 3.05) is 0 Å². The van der Waals surface area contributed by atoms with E-state index in [0.29, 0.717) is 12.0 Å². The van der Waals surface area contributed by atoms with Crippen LogP contribution in [-0.2, 0) is 13.1 Å². The van der Waals surface area contributed by atoms with Gasteiger partial charge >= 0.3 is 0 Å². The van der Waals surface area contributed by atoms with E-state index in [1.807, 2.05) is 6.20 Å². The van der Waals surface area contributed by atoms with Crippen LogP contribution in [-0.4, -0.2) is 9.55 Å². The quantitative estimate of drug-likeness (QED) is 0.852. The van der Waals surface area contributed by atoms with E-state index in [9.17, 15) is 0 Å². The highest BCUT2D eigenvalue weighted by Gasteiger charge is 2.10. The molecular formula is C14H20BrN3S. The van der Waals surface area contributed by atoms with Gasteiger partial charge in [-0.05, 0) is 34.8 Å². The van der Waals surface area contributed by atoms with Crippen molar-refractivity contribution in [2.24, 2.45) is 5.92 Å². The maximum atomic E-state index is 4.43. The summed E-state index contributed by atoms with van der Waals surface area (Å²) in [7, 11) is 0. The molecule has 19 heavy (non-hydrogen) atoms. The summed E-state index contributed by atoms with van der Waals surface area (Å²) in [6.45, 7) is 8.46. The summed E-state index contributed by atoms with van der Waals surface area (Å²) in [5.74, 6) is 1.75. The Morgan fingerprint density at radius 1 is 1.42 bits per heavy atom. The normalized spacial score (nSPS) is 13.1. The van der Waals surface area contributed by atoms with E-state index in [-0.39, 0.29) is 0 Å². The Balaban J connectivity index is 1.93. The second-order valence-corrected chi connectivity index (χ2v) is 7.02. The SMILES string of the molecule is CC(C)Cn1ccnc1CNC(C)c1cc(Br)cs1. The van der Waals surface area contributed by atoms with Crippen LogP contribution in [0.2, 0.25) is 0 Å². The summed E-state index contributed by atoms with van der Waals surface area (Å²) in [5.41, 5.74) is 0. The van der Waals surface area contributed by atoms with Gasteiger partial charge in [0.15, 0.2) is 0 Å². The molecule has 5 heteroatoms. The largest absolute Gasteiger partial charge is 0.334 e. The molecule has 0 saturated carbocycles. The van der Waals surface area contributed by atoms with Crippen LogP contribution in [0, 0.1) is 5.92 Å². The monoisotopic (exact) mass is 341 g/mol. The number of hydrogen-bond donors (Lipinski definition) is 1. The van der Waals surface area contributed by atoms with Gasteiger partial charge in [-0.1, -0.05) is 13.8 Å². The first-order chi connectivity index (χ1) is 9.06. The first-order valence-corrected chi connectivity index (χ1v) is 8.21. The van der Waals surface area contributed by atoms with Gasteiger partial charge in [0.2, 0.25) is 0 Å². The third kappa shape index (κ3) is 4.16. The van der Waals surface area contributed by atoms with E-state index in [0.717, 1.165) is 23.4 Å². The molecule has 3 nitrogen and oxygen atoms in total. The first kappa shape index (κ1) is 14.8. The molecule has 0 radical (unpaired) electrons. The first-order valence-electron chi connectivity index (χ1n) is 6.53. The molecule has 0 aromatic carbocycles. The molecule has 0 aliphatic rings. The topological polar surface area (TPSA) is 29.9 Å². The minimum atomic E-state index is 0.348. The molecule has 0 saturated heterocycles. The molecule has 0 fully saturated rings. The summed E-state index contributed by atoms with van der Waals surface area (Å²) in [5, 5.41) is 5.65. The predicted octanol–water partition coefficient (Wildman–Crippen LogP) is 4.21. The zero-order valence-corrected chi connectivity index (χ0v) is 14.0. The Morgan fingerprint density at radius 3 is 2.84 bits per heavy atom. The number of nitrogens with one attached hydrogen (secondary N) is 1. The van der Waals surface area contributed by atoms with Crippen molar-refractivity contribution in [1.29, 1.82) is 0 Å². The number of nitrogens with zero attached hydrogens (tertiary/aromatic N) is 2. The molecular weight excluding hydrogens is 322 g/mol. The van der Waals surface area contributed by atoms with E-state index >= 15 is 0 Å². The van der Waals surface area contributed by atoms with Crippen molar-refractivity contribution in [3.63, 3.8) is 0 Å². The number of imidazole rings is 1. The zero-order valence-electron chi connectivity index (χ0n) is 11.6. The van der Waals surface area contributed by atoms with Gasteiger partial charge in [0.05, 0.1) is 6.54 Å². The van der Waals surface area contributed by atoms with Gasteiger partial charge in [-0.3, -0.25) is 0 Å². The average Bonchev–Trinajstić information content (AvgIpc) is 2.95. The summed E-state index contributed by atoms with van der Waals surface area (Å²) >= 11 is 5.27. The molecule has 1 atom stereocenters. The van der Waals surface area contributed by atoms with Crippen molar-refractivity contribution in [2.45, 2.75) is 39.9 Å². The van der Waals surface area contributed by atoms with Gasteiger partial charge in [0, 0.05) is 39.7 Å². The molecule has 0 amide bonds. The lowest BCUT2D eigenvalue weighted by Gasteiger charge is -2.14. The van der Waals surface area contributed by atoms with Crippen LogP contribution in [0.15, 0.2) is 28.3 Å². The third-order valence-corrected chi connectivity index (χ3v) is 4.82. The number of rotatable bonds is 6. The van der Waals surface area contributed by atoms with E-state index in [2.05, 4.69) is 69.2 Å². The smallest absolute Gasteiger partial charge is 0.122 e. The lowest BCUT2D eigenvalue weighted by Crippen LogP contribution is -2.20. The van der Waals surface area contributed by atoms with Gasteiger partial charge in [0.1, 0.15) is 5.82 Å². The average molecular weight is 342 g/mol. The van der Waals surface area contributed by atoms with Crippen LogP contribution in [0.3, 0.4) is 0 Å². The highest BCUT2D eigenvalue weighted by Crippen LogP contribution is 2.25. The second kappa shape index (κ2) is 6.68. The van der Waals surface area contributed by atoms with E-state index in [1.165, 1.54) is 4.88 Å². The molecule has 2 heterocycles. The maximum Gasteiger partial charge on any atom is 0.122 e. The fourth-order valence-electron chi connectivity index (χ4n) is 1.97. The van der Waals surface area contributed by atoms with Gasteiger partial charge in [-0.15, -0.1) is 11.3 Å². The molecule has 0 aliphatic carbocycles. The van der Waals surface area contributed by atoms with E-state index < -0.39 is 0 Å². The lowest BCUT2D eigenvalue weighted by atomic mass is 10.2. The standard InChI is InChI=1S/C14H20BrN3S/c1-10(2)8-18-5-4-16-14(18)7-17-11(3)13-6-12(15)9-19-13/h4-6,9-11,17H,7-8H2,1-3H3. The molecule has 2 aromatic rings. The number of hydrogen-bond acceptors (Lipinski definition) is 3. The molecule has 0 aliphatic heterocycles. The molecule has 2 aromatic heterocycles. The minimum absolute atomic E-state index is 0.348. The molecule has 0 spiro atoms. The second-order valence-electron chi connectivity index (χ2n) is 5.16. The van der Waals surface area contributed by atoms with Gasteiger partial charge < -0.3 is 9.88 Å². The Bertz CT molecular complexity index is 518.